The van der Waals surface area contributed by atoms with E-state index in [4.69, 9.17) is 4.74 Å². The van der Waals surface area contributed by atoms with Crippen LogP contribution in [0.1, 0.15) is 112 Å². The van der Waals surface area contributed by atoms with Crippen LogP contribution in [0.3, 0.4) is 0 Å². The number of rotatable bonds is 13. The zero-order valence-corrected chi connectivity index (χ0v) is 25.0. The third-order valence-corrected chi connectivity index (χ3v) is 5.75. The van der Waals surface area contributed by atoms with Crippen LogP contribution in [0.25, 0.3) is 0 Å². The van der Waals surface area contributed by atoms with E-state index in [2.05, 4.69) is 17.6 Å². The molecule has 0 aliphatic rings. The van der Waals surface area contributed by atoms with Crippen LogP contribution < -0.4 is 10.6 Å². The van der Waals surface area contributed by atoms with Gasteiger partial charge in [-0.15, -0.1) is 0 Å². The lowest BCUT2D eigenvalue weighted by Gasteiger charge is -2.36. The Balaban J connectivity index is 3.48. The smallest absolute Gasteiger partial charge is 0.408 e. The Morgan fingerprint density at radius 1 is 0.947 bits per heavy atom. The average Bonchev–Trinajstić information content (AvgIpc) is 2.75. The summed E-state index contributed by atoms with van der Waals surface area (Å²) in [7, 11) is 0. The molecule has 0 spiro atoms. The molecule has 2 atom stereocenters. The van der Waals surface area contributed by atoms with Crippen LogP contribution in [0, 0.1) is 5.92 Å². The van der Waals surface area contributed by atoms with Crippen molar-refractivity contribution in [3.8, 4) is 5.75 Å². The van der Waals surface area contributed by atoms with Crippen LogP contribution in [0.2, 0.25) is 0 Å². The van der Waals surface area contributed by atoms with E-state index in [1.54, 1.807) is 37.8 Å². The minimum atomic E-state index is -0.927. The number of phenols is 1. The van der Waals surface area contributed by atoms with E-state index in [1.165, 1.54) is 12.1 Å². The SMILES string of the molecule is CCCCCCCN(C(=O)C(CC(C)C)NC(=O)OC(C)(C)C)C(C(=O)NC(C)(C)C)c1ccc(O)cc1. The number of alkyl carbamates (subject to hydrolysis) is 1. The van der Waals surface area contributed by atoms with E-state index in [0.29, 0.717) is 18.5 Å². The number of benzene rings is 1. The molecule has 1 rings (SSSR count). The monoisotopic (exact) mass is 533 g/mol. The molecule has 0 saturated heterocycles. The van der Waals surface area contributed by atoms with Gasteiger partial charge in [-0.3, -0.25) is 9.59 Å². The molecular formula is C30H51N3O5. The van der Waals surface area contributed by atoms with Crippen molar-refractivity contribution in [1.82, 2.24) is 15.5 Å². The topological polar surface area (TPSA) is 108 Å². The molecule has 3 N–H and O–H groups in total. The first kappa shape index (κ1) is 33.3. The standard InChI is InChI=1S/C30H51N3O5/c1-10-11-12-13-14-19-33(27(36)24(20-21(2)3)31-28(37)38-30(7,8)9)25(26(35)32-29(4,5)6)22-15-17-23(34)18-16-22/h15-18,21,24-25,34H,10-14,19-20H2,1-9H3,(H,31,37)(H,32,35). The number of unbranched alkanes of at least 4 members (excludes halogenated alkanes) is 4. The summed E-state index contributed by atoms with van der Waals surface area (Å²) in [6.07, 6.45) is 4.63. The summed E-state index contributed by atoms with van der Waals surface area (Å²) in [4.78, 5) is 42.2. The zero-order valence-electron chi connectivity index (χ0n) is 25.0. The summed E-state index contributed by atoms with van der Waals surface area (Å²) < 4.78 is 5.45. The van der Waals surface area contributed by atoms with Gasteiger partial charge in [-0.2, -0.15) is 0 Å². The van der Waals surface area contributed by atoms with E-state index in [1.807, 2.05) is 34.6 Å². The van der Waals surface area contributed by atoms with E-state index in [9.17, 15) is 19.5 Å². The molecule has 0 bridgehead atoms. The van der Waals surface area contributed by atoms with Crippen LogP contribution in [-0.2, 0) is 14.3 Å². The minimum absolute atomic E-state index is 0.0745. The van der Waals surface area contributed by atoms with Gasteiger partial charge >= 0.3 is 6.09 Å². The summed E-state index contributed by atoms with van der Waals surface area (Å²) in [5, 5.41) is 15.7. The number of amides is 3. The molecule has 0 aliphatic carbocycles. The highest BCUT2D eigenvalue weighted by Gasteiger charge is 2.37. The van der Waals surface area contributed by atoms with Crippen LogP contribution >= 0.6 is 0 Å². The highest BCUT2D eigenvalue weighted by Crippen LogP contribution is 2.27. The number of aromatic hydroxyl groups is 1. The van der Waals surface area contributed by atoms with Gasteiger partial charge in [0.1, 0.15) is 23.4 Å². The second-order valence-electron chi connectivity index (χ2n) is 12.5. The Hall–Kier alpha value is -2.77. The Morgan fingerprint density at radius 2 is 1.53 bits per heavy atom. The Labute approximate surface area is 229 Å². The summed E-state index contributed by atoms with van der Waals surface area (Å²) in [6.45, 7) is 17.4. The largest absolute Gasteiger partial charge is 0.508 e. The van der Waals surface area contributed by atoms with Crippen LogP contribution in [-0.4, -0.2) is 51.6 Å². The Morgan fingerprint density at radius 3 is 2.03 bits per heavy atom. The van der Waals surface area contributed by atoms with Gasteiger partial charge in [0, 0.05) is 12.1 Å². The average molecular weight is 534 g/mol. The third kappa shape index (κ3) is 12.7. The third-order valence-electron chi connectivity index (χ3n) is 5.75. The second-order valence-corrected chi connectivity index (χ2v) is 12.5. The first-order valence-corrected chi connectivity index (χ1v) is 13.9. The fourth-order valence-electron chi connectivity index (χ4n) is 4.16. The predicted octanol–water partition coefficient (Wildman–Crippen LogP) is 6.09. The lowest BCUT2D eigenvalue weighted by molar-refractivity contribution is -0.143. The maximum atomic E-state index is 14.2. The van der Waals surface area contributed by atoms with Crippen molar-refractivity contribution in [3.05, 3.63) is 29.8 Å². The van der Waals surface area contributed by atoms with Crippen molar-refractivity contribution in [1.29, 1.82) is 0 Å². The van der Waals surface area contributed by atoms with Crippen molar-refractivity contribution in [2.75, 3.05) is 6.54 Å². The molecule has 8 nitrogen and oxygen atoms in total. The number of hydrogen-bond acceptors (Lipinski definition) is 5. The zero-order chi connectivity index (χ0) is 29.1. The predicted molar refractivity (Wildman–Crippen MR) is 152 cm³/mol. The van der Waals surface area contributed by atoms with Gasteiger partial charge in [-0.1, -0.05) is 58.6 Å². The quantitative estimate of drug-likeness (QED) is 0.266. The summed E-state index contributed by atoms with van der Waals surface area (Å²) in [5.41, 5.74) is -0.642. The van der Waals surface area contributed by atoms with Crippen LogP contribution in [0.5, 0.6) is 5.75 Å². The van der Waals surface area contributed by atoms with Crippen molar-refractivity contribution in [3.63, 3.8) is 0 Å². The normalized spacial score (nSPS) is 13.5. The lowest BCUT2D eigenvalue weighted by Crippen LogP contribution is -2.55. The van der Waals surface area contributed by atoms with Crippen molar-refractivity contribution >= 4 is 17.9 Å². The minimum Gasteiger partial charge on any atom is -0.508 e. The molecule has 1 aromatic carbocycles. The molecule has 0 aliphatic heterocycles. The van der Waals surface area contributed by atoms with Gasteiger partial charge in [0.05, 0.1) is 0 Å². The number of ether oxygens (including phenoxy) is 1. The fraction of sp³-hybridized carbons (Fsp3) is 0.700. The molecule has 3 amide bonds. The summed E-state index contributed by atoms with van der Waals surface area (Å²) in [5.74, 6) is -0.459. The van der Waals surface area contributed by atoms with Gasteiger partial charge in [0.25, 0.3) is 0 Å². The summed E-state index contributed by atoms with van der Waals surface area (Å²) in [6, 6.07) is 4.57. The molecule has 216 valence electrons. The fourth-order valence-corrected chi connectivity index (χ4v) is 4.16. The van der Waals surface area contributed by atoms with Crippen molar-refractivity contribution in [2.24, 2.45) is 5.92 Å². The number of nitrogens with zero attached hydrogens (tertiary/aromatic N) is 1. The van der Waals surface area contributed by atoms with Crippen LogP contribution in [0.4, 0.5) is 4.79 Å². The van der Waals surface area contributed by atoms with Gasteiger partial charge in [0.15, 0.2) is 0 Å². The van der Waals surface area contributed by atoms with Crippen molar-refractivity contribution in [2.45, 2.75) is 124 Å². The highest BCUT2D eigenvalue weighted by molar-refractivity contribution is 5.92. The molecular weight excluding hydrogens is 482 g/mol. The van der Waals surface area contributed by atoms with E-state index < -0.39 is 29.3 Å². The van der Waals surface area contributed by atoms with Gasteiger partial charge in [-0.05, 0) is 78.0 Å². The first-order valence-electron chi connectivity index (χ1n) is 13.9. The molecule has 2 unspecified atom stereocenters. The first-order chi connectivity index (χ1) is 17.5. The number of carbonyl (C=O) groups is 3. The van der Waals surface area contributed by atoms with E-state index in [-0.39, 0.29) is 23.5 Å². The molecule has 0 aromatic heterocycles. The van der Waals surface area contributed by atoms with Gasteiger partial charge in [-0.25, -0.2) is 4.79 Å². The number of phenolic OH excluding ortho intramolecular Hbond substituents is 1. The molecule has 1 aromatic rings. The number of carbonyl (C=O) groups excluding carboxylic acids is 3. The molecule has 0 heterocycles. The second kappa shape index (κ2) is 15.0. The van der Waals surface area contributed by atoms with E-state index in [0.717, 1.165) is 32.1 Å². The molecule has 0 fully saturated rings. The maximum absolute atomic E-state index is 14.2. The molecule has 0 radical (unpaired) electrons. The number of nitrogens with one attached hydrogen (secondary N) is 2. The maximum Gasteiger partial charge on any atom is 0.408 e. The van der Waals surface area contributed by atoms with Crippen molar-refractivity contribution < 1.29 is 24.2 Å². The lowest BCUT2D eigenvalue weighted by atomic mass is 9.97. The summed E-state index contributed by atoms with van der Waals surface area (Å²) >= 11 is 0. The Kier molecular flexibility index (Phi) is 13.1. The molecule has 8 heteroatoms. The van der Waals surface area contributed by atoms with E-state index >= 15 is 0 Å². The van der Waals surface area contributed by atoms with Gasteiger partial charge < -0.3 is 25.4 Å². The Bertz CT molecular complexity index is 885. The molecule has 0 saturated carbocycles. The number of hydrogen-bond donors (Lipinski definition) is 3. The highest BCUT2D eigenvalue weighted by atomic mass is 16.6. The van der Waals surface area contributed by atoms with Gasteiger partial charge in [0.2, 0.25) is 11.8 Å². The molecule has 38 heavy (non-hydrogen) atoms. The van der Waals surface area contributed by atoms with Crippen LogP contribution in [0.15, 0.2) is 24.3 Å².